The Labute approximate surface area is 250 Å². The van der Waals surface area contributed by atoms with Crippen molar-refractivity contribution in [1.82, 2.24) is 39.5 Å². The Kier molecular flexibility index (Phi) is 6.44. The van der Waals surface area contributed by atoms with Gasteiger partial charge in [0.05, 0.1) is 5.56 Å². The zero-order chi connectivity index (χ0) is 28.9. The van der Waals surface area contributed by atoms with Crippen molar-refractivity contribution < 1.29 is 4.79 Å². The minimum absolute atomic E-state index is 0.287. The number of carbonyl (C=O) groups excluding carboxylic acids is 1. The number of nitrogens with zero attached hydrogens (tertiary/aromatic N) is 7. The maximum Gasteiger partial charge on any atom is 0.225 e. The van der Waals surface area contributed by atoms with Gasteiger partial charge in [0.15, 0.2) is 17.3 Å². The van der Waals surface area contributed by atoms with Crippen molar-refractivity contribution in [3.8, 4) is 22.9 Å². The maximum absolute atomic E-state index is 12.7. The first kappa shape index (κ1) is 26.1. The second-order valence-electron chi connectivity index (χ2n) is 12.0. The topological polar surface area (TPSA) is 120 Å². The molecule has 10 nitrogen and oxygen atoms in total. The standard InChI is InChI=1S/C33H35N9O/c34-30-26(6-2-15-35-30)31-38-28-11-12-29(41-17-3-16-36-41)39-32(28)42(31)24-8-9-25-22(20-24)7-10-27(25)37-23-13-18-40(19-14-23)33(43)21-4-1-5-21/h2-3,6,8-9,11-12,15-17,20-21,23,27,37H,1,4-5,7,10,13-14,18-19H2,(H2,34,35). The van der Waals surface area contributed by atoms with Crippen LogP contribution < -0.4 is 11.1 Å². The molecule has 1 aliphatic heterocycles. The van der Waals surface area contributed by atoms with Crippen LogP contribution in [-0.4, -0.2) is 59.2 Å². The predicted octanol–water partition coefficient (Wildman–Crippen LogP) is 4.62. The van der Waals surface area contributed by atoms with Gasteiger partial charge in [-0.25, -0.2) is 19.6 Å². The van der Waals surface area contributed by atoms with Gasteiger partial charge in [-0.15, -0.1) is 0 Å². The molecule has 10 heteroatoms. The second kappa shape index (κ2) is 10.6. The van der Waals surface area contributed by atoms with Gasteiger partial charge >= 0.3 is 0 Å². The van der Waals surface area contributed by atoms with Crippen LogP contribution in [0.5, 0.6) is 0 Å². The largest absolute Gasteiger partial charge is 0.383 e. The normalized spacial score (nSPS) is 19.1. The van der Waals surface area contributed by atoms with Gasteiger partial charge in [0, 0.05) is 55.4 Å². The van der Waals surface area contributed by atoms with Crippen molar-refractivity contribution in [2.24, 2.45) is 5.92 Å². The predicted molar refractivity (Wildman–Crippen MR) is 165 cm³/mol. The van der Waals surface area contributed by atoms with Gasteiger partial charge in [-0.05, 0) is 92.1 Å². The first-order valence-corrected chi connectivity index (χ1v) is 15.4. The van der Waals surface area contributed by atoms with Gasteiger partial charge in [0.1, 0.15) is 11.3 Å². The molecule has 1 amide bonds. The fourth-order valence-corrected chi connectivity index (χ4v) is 6.89. The molecule has 1 aromatic carbocycles. The summed E-state index contributed by atoms with van der Waals surface area (Å²) < 4.78 is 3.84. The molecule has 1 unspecified atom stereocenters. The number of hydrogen-bond donors (Lipinski definition) is 2. The third-order valence-electron chi connectivity index (χ3n) is 9.47. The number of carbonyl (C=O) groups is 1. The number of rotatable bonds is 6. The summed E-state index contributed by atoms with van der Waals surface area (Å²) in [5.41, 5.74) is 12.3. The third-order valence-corrected chi connectivity index (χ3v) is 9.47. The fourth-order valence-electron chi connectivity index (χ4n) is 6.89. The quantitative estimate of drug-likeness (QED) is 0.304. The number of nitrogens with one attached hydrogen (secondary N) is 1. The van der Waals surface area contributed by atoms with E-state index in [0.717, 1.165) is 79.8 Å². The molecular weight excluding hydrogens is 538 g/mol. The highest BCUT2D eigenvalue weighted by Crippen LogP contribution is 2.37. The van der Waals surface area contributed by atoms with Gasteiger partial charge in [0.2, 0.25) is 5.91 Å². The van der Waals surface area contributed by atoms with E-state index in [2.05, 4.69) is 43.1 Å². The highest BCUT2D eigenvalue weighted by molar-refractivity contribution is 5.83. The third kappa shape index (κ3) is 4.66. The molecule has 5 aromatic rings. The molecule has 4 aromatic heterocycles. The fraction of sp³-hybridized carbons (Fsp3) is 0.364. The van der Waals surface area contributed by atoms with Crippen LogP contribution in [-0.2, 0) is 11.2 Å². The lowest BCUT2D eigenvalue weighted by atomic mass is 9.84. The first-order valence-electron chi connectivity index (χ1n) is 15.4. The van der Waals surface area contributed by atoms with Crippen molar-refractivity contribution in [2.75, 3.05) is 18.8 Å². The number of aryl methyl sites for hydroxylation is 1. The van der Waals surface area contributed by atoms with E-state index in [4.69, 9.17) is 15.7 Å². The Morgan fingerprint density at radius 3 is 2.60 bits per heavy atom. The Balaban J connectivity index is 1.09. The summed E-state index contributed by atoms with van der Waals surface area (Å²) in [5.74, 6) is 2.53. The van der Waals surface area contributed by atoms with Gasteiger partial charge in [-0.3, -0.25) is 9.36 Å². The SMILES string of the molecule is Nc1ncccc1-c1nc2ccc(-n3cccn3)nc2n1-c1ccc2c(c1)CCC2NC1CCN(C(=O)C2CCC2)CC1. The Bertz CT molecular complexity index is 1800. The van der Waals surface area contributed by atoms with E-state index in [1.165, 1.54) is 17.5 Å². The molecule has 8 rings (SSSR count). The summed E-state index contributed by atoms with van der Waals surface area (Å²) in [4.78, 5) is 29.1. The van der Waals surface area contributed by atoms with E-state index in [1.807, 2.05) is 36.5 Å². The maximum atomic E-state index is 12.7. The van der Waals surface area contributed by atoms with Gasteiger partial charge in [-0.2, -0.15) is 5.10 Å². The van der Waals surface area contributed by atoms with Crippen molar-refractivity contribution >= 4 is 22.9 Å². The summed E-state index contributed by atoms with van der Waals surface area (Å²) in [6.45, 7) is 1.74. The van der Waals surface area contributed by atoms with Crippen LogP contribution in [0.2, 0.25) is 0 Å². The molecule has 1 saturated heterocycles. The smallest absolute Gasteiger partial charge is 0.225 e. The molecular formula is C33H35N9O. The molecule has 5 heterocycles. The van der Waals surface area contributed by atoms with E-state index < -0.39 is 0 Å². The number of nitrogens with two attached hydrogens (primary N) is 1. The monoisotopic (exact) mass is 573 g/mol. The number of likely N-dealkylation sites (tertiary alicyclic amines) is 1. The Morgan fingerprint density at radius 2 is 1.84 bits per heavy atom. The summed E-state index contributed by atoms with van der Waals surface area (Å²) in [5, 5.41) is 8.31. The number of fused-ring (bicyclic) bond motifs is 2. The number of hydrogen-bond acceptors (Lipinski definition) is 7. The molecule has 3 N–H and O–H groups in total. The lowest BCUT2D eigenvalue weighted by Crippen LogP contribution is -2.48. The molecule has 0 spiro atoms. The number of amides is 1. The molecule has 3 aliphatic rings. The van der Waals surface area contributed by atoms with Crippen LogP contribution in [0.4, 0.5) is 5.82 Å². The molecule has 2 fully saturated rings. The number of aromatic nitrogens is 6. The molecule has 2 aliphatic carbocycles. The van der Waals surface area contributed by atoms with Crippen LogP contribution in [0.1, 0.15) is 55.7 Å². The minimum Gasteiger partial charge on any atom is -0.383 e. The molecule has 43 heavy (non-hydrogen) atoms. The summed E-state index contributed by atoms with van der Waals surface area (Å²) in [6, 6.07) is 17.1. The van der Waals surface area contributed by atoms with Crippen LogP contribution in [0.25, 0.3) is 34.1 Å². The molecule has 0 bridgehead atoms. The first-order chi connectivity index (χ1) is 21.1. The molecule has 1 atom stereocenters. The van der Waals surface area contributed by atoms with Crippen LogP contribution in [0.15, 0.2) is 67.1 Å². The van der Waals surface area contributed by atoms with Crippen molar-refractivity contribution in [1.29, 1.82) is 0 Å². The van der Waals surface area contributed by atoms with Crippen LogP contribution in [0.3, 0.4) is 0 Å². The van der Waals surface area contributed by atoms with E-state index in [9.17, 15) is 4.79 Å². The van der Waals surface area contributed by atoms with Crippen molar-refractivity contribution in [2.45, 2.75) is 57.0 Å². The molecule has 218 valence electrons. The van der Waals surface area contributed by atoms with Gasteiger partial charge in [-0.1, -0.05) is 12.5 Å². The number of pyridine rings is 2. The minimum atomic E-state index is 0.287. The highest BCUT2D eigenvalue weighted by Gasteiger charge is 2.33. The Hall–Kier alpha value is -4.57. The van der Waals surface area contributed by atoms with E-state index in [1.54, 1.807) is 17.1 Å². The summed E-state index contributed by atoms with van der Waals surface area (Å²) in [7, 11) is 0. The molecule has 0 radical (unpaired) electrons. The average Bonchev–Trinajstić information content (AvgIpc) is 3.76. The number of nitrogen functional groups attached to an aromatic ring is 1. The van der Waals surface area contributed by atoms with E-state index >= 15 is 0 Å². The summed E-state index contributed by atoms with van der Waals surface area (Å²) in [6.07, 6.45) is 12.8. The van der Waals surface area contributed by atoms with Crippen molar-refractivity contribution in [3.63, 3.8) is 0 Å². The molecule has 1 saturated carbocycles. The Morgan fingerprint density at radius 1 is 0.953 bits per heavy atom. The van der Waals surface area contributed by atoms with Crippen LogP contribution >= 0.6 is 0 Å². The number of imidazole rings is 1. The second-order valence-corrected chi connectivity index (χ2v) is 12.0. The zero-order valence-electron chi connectivity index (χ0n) is 24.1. The zero-order valence-corrected chi connectivity index (χ0v) is 24.1. The van der Waals surface area contributed by atoms with Crippen molar-refractivity contribution in [3.05, 3.63) is 78.2 Å². The number of anilines is 1. The van der Waals surface area contributed by atoms with Gasteiger partial charge in [0.25, 0.3) is 0 Å². The lowest BCUT2D eigenvalue weighted by Gasteiger charge is -2.37. The van der Waals surface area contributed by atoms with Gasteiger partial charge < -0.3 is 16.0 Å². The van der Waals surface area contributed by atoms with Crippen LogP contribution in [0, 0.1) is 5.92 Å². The number of piperidine rings is 1. The lowest BCUT2D eigenvalue weighted by molar-refractivity contribution is -0.139. The average molecular weight is 574 g/mol. The highest BCUT2D eigenvalue weighted by atomic mass is 16.2. The van der Waals surface area contributed by atoms with E-state index in [0.29, 0.717) is 29.6 Å². The number of benzene rings is 1. The van der Waals surface area contributed by atoms with E-state index in [-0.39, 0.29) is 5.92 Å². The summed E-state index contributed by atoms with van der Waals surface area (Å²) >= 11 is 0.